The summed E-state index contributed by atoms with van der Waals surface area (Å²) in [6.45, 7) is 9.54. The third-order valence-corrected chi connectivity index (χ3v) is 5.47. The van der Waals surface area contributed by atoms with Crippen LogP contribution in [0.2, 0.25) is 0 Å². The molecule has 0 bridgehead atoms. The molecule has 0 saturated carbocycles. The number of amides is 1. The fraction of sp³-hybridized carbons (Fsp3) is 0.400. The molecule has 0 radical (unpaired) electrons. The molecule has 0 spiro atoms. The number of H-pyrrole nitrogens is 1. The van der Waals surface area contributed by atoms with Gasteiger partial charge in [-0.15, -0.1) is 11.3 Å². The number of esters is 2. The Hall–Kier alpha value is -2.94. The van der Waals surface area contributed by atoms with Crippen molar-refractivity contribution in [3.8, 4) is 0 Å². The van der Waals surface area contributed by atoms with E-state index in [1.54, 1.807) is 27.7 Å². The van der Waals surface area contributed by atoms with Crippen LogP contribution in [0.4, 0.5) is 5.00 Å². The number of nitrogens with one attached hydrogen (secondary N) is 2. The largest absolute Gasteiger partial charge is 0.462 e. The molecule has 0 aliphatic rings. The lowest BCUT2D eigenvalue weighted by Crippen LogP contribution is -2.19. The quantitative estimate of drug-likeness (QED) is 0.523. The molecule has 8 nitrogen and oxygen atoms in total. The van der Waals surface area contributed by atoms with Crippen LogP contribution in [0.25, 0.3) is 0 Å². The van der Waals surface area contributed by atoms with Gasteiger partial charge < -0.3 is 19.8 Å². The molecule has 29 heavy (non-hydrogen) atoms. The number of aromatic nitrogens is 1. The highest BCUT2D eigenvalue weighted by molar-refractivity contribution is 7.16. The third kappa shape index (κ3) is 4.73. The van der Waals surface area contributed by atoms with Crippen molar-refractivity contribution in [1.82, 2.24) is 4.98 Å². The van der Waals surface area contributed by atoms with Gasteiger partial charge in [-0.2, -0.15) is 0 Å². The first kappa shape index (κ1) is 22.4. The number of thiophene rings is 1. The standard InChI is InChI=1S/C20H24N2O6S/c1-7-27-20(26)17-11(4)21-10(3)16(17)14(24)8-28-19(25)15-9(2)12(5)29-18(15)22-13(6)23/h21H,7-8H2,1-6H3,(H,22,23). The highest BCUT2D eigenvalue weighted by Gasteiger charge is 2.27. The van der Waals surface area contributed by atoms with Crippen molar-refractivity contribution in [2.75, 3.05) is 18.5 Å². The molecule has 0 atom stereocenters. The SMILES string of the molecule is CCOC(=O)c1c(C)[nH]c(C)c1C(=O)COC(=O)c1c(NC(C)=O)sc(C)c1C. The average Bonchev–Trinajstić information content (AvgIpc) is 3.07. The van der Waals surface area contributed by atoms with Gasteiger partial charge in [0.05, 0.1) is 23.3 Å². The molecule has 0 fully saturated rings. The van der Waals surface area contributed by atoms with Gasteiger partial charge in [-0.05, 0) is 40.2 Å². The Labute approximate surface area is 172 Å². The maximum absolute atomic E-state index is 12.7. The molecule has 0 aromatic carbocycles. The van der Waals surface area contributed by atoms with Gasteiger partial charge in [0.25, 0.3) is 0 Å². The number of carbonyl (C=O) groups is 4. The minimum Gasteiger partial charge on any atom is -0.462 e. The lowest BCUT2D eigenvalue weighted by atomic mass is 10.1. The number of ketones is 1. The molecule has 1 amide bonds. The summed E-state index contributed by atoms with van der Waals surface area (Å²) in [5.41, 5.74) is 2.20. The summed E-state index contributed by atoms with van der Waals surface area (Å²) >= 11 is 1.26. The Bertz CT molecular complexity index is 986. The van der Waals surface area contributed by atoms with E-state index < -0.39 is 24.3 Å². The van der Waals surface area contributed by atoms with Gasteiger partial charge in [0.2, 0.25) is 11.7 Å². The van der Waals surface area contributed by atoms with Gasteiger partial charge in [0.1, 0.15) is 5.00 Å². The Morgan fingerprint density at radius 3 is 2.10 bits per heavy atom. The van der Waals surface area contributed by atoms with Gasteiger partial charge in [0.15, 0.2) is 6.61 Å². The third-order valence-electron chi connectivity index (χ3n) is 4.35. The van der Waals surface area contributed by atoms with Crippen molar-refractivity contribution < 1.29 is 28.7 Å². The molecule has 0 aliphatic carbocycles. The van der Waals surface area contributed by atoms with Crippen molar-refractivity contribution in [2.45, 2.75) is 41.5 Å². The van der Waals surface area contributed by atoms with Crippen LogP contribution >= 0.6 is 11.3 Å². The van der Waals surface area contributed by atoms with E-state index >= 15 is 0 Å². The Morgan fingerprint density at radius 1 is 0.931 bits per heavy atom. The molecule has 0 aliphatic heterocycles. The lowest BCUT2D eigenvalue weighted by molar-refractivity contribution is -0.114. The van der Waals surface area contributed by atoms with Crippen LogP contribution in [0, 0.1) is 27.7 Å². The van der Waals surface area contributed by atoms with Gasteiger partial charge in [0, 0.05) is 23.2 Å². The summed E-state index contributed by atoms with van der Waals surface area (Å²) in [6.07, 6.45) is 0. The Kier molecular flexibility index (Phi) is 6.97. The Balaban J connectivity index is 2.24. The normalized spacial score (nSPS) is 10.6. The van der Waals surface area contributed by atoms with E-state index in [-0.39, 0.29) is 29.2 Å². The summed E-state index contributed by atoms with van der Waals surface area (Å²) in [5, 5.41) is 2.99. The molecule has 0 saturated heterocycles. The summed E-state index contributed by atoms with van der Waals surface area (Å²) in [4.78, 5) is 52.8. The fourth-order valence-corrected chi connectivity index (χ4v) is 4.08. The van der Waals surface area contributed by atoms with Crippen molar-refractivity contribution >= 4 is 40.0 Å². The number of ether oxygens (including phenoxy) is 2. The lowest BCUT2D eigenvalue weighted by Gasteiger charge is -2.08. The molecule has 2 N–H and O–H groups in total. The van der Waals surface area contributed by atoms with E-state index in [0.29, 0.717) is 22.0 Å². The van der Waals surface area contributed by atoms with Crippen LogP contribution in [0.15, 0.2) is 0 Å². The van der Waals surface area contributed by atoms with Gasteiger partial charge in [-0.25, -0.2) is 9.59 Å². The first-order chi connectivity index (χ1) is 13.6. The van der Waals surface area contributed by atoms with E-state index in [1.165, 1.54) is 18.3 Å². The molecule has 156 valence electrons. The van der Waals surface area contributed by atoms with Crippen molar-refractivity contribution in [3.63, 3.8) is 0 Å². The zero-order valence-electron chi connectivity index (χ0n) is 17.3. The van der Waals surface area contributed by atoms with Crippen LogP contribution in [-0.4, -0.2) is 41.8 Å². The molecule has 2 rings (SSSR count). The summed E-state index contributed by atoms with van der Waals surface area (Å²) in [5.74, 6) is -2.16. The van der Waals surface area contributed by atoms with Gasteiger partial charge >= 0.3 is 11.9 Å². The zero-order valence-corrected chi connectivity index (χ0v) is 18.1. The first-order valence-corrected chi connectivity index (χ1v) is 9.84. The molecular formula is C20H24N2O6S. The monoisotopic (exact) mass is 420 g/mol. The van der Waals surface area contributed by atoms with Gasteiger partial charge in [-0.3, -0.25) is 9.59 Å². The van der Waals surface area contributed by atoms with Crippen molar-refractivity contribution in [2.24, 2.45) is 0 Å². The van der Waals surface area contributed by atoms with Gasteiger partial charge in [-0.1, -0.05) is 0 Å². The van der Waals surface area contributed by atoms with Crippen LogP contribution in [-0.2, 0) is 14.3 Å². The number of hydrogen-bond donors (Lipinski definition) is 2. The maximum Gasteiger partial charge on any atom is 0.341 e. The zero-order chi connectivity index (χ0) is 21.9. The molecule has 2 aromatic rings. The molecular weight excluding hydrogens is 396 g/mol. The number of hydrogen-bond acceptors (Lipinski definition) is 7. The van der Waals surface area contributed by atoms with E-state index in [1.807, 2.05) is 6.92 Å². The highest BCUT2D eigenvalue weighted by atomic mass is 32.1. The highest BCUT2D eigenvalue weighted by Crippen LogP contribution is 2.33. The maximum atomic E-state index is 12.7. The molecule has 2 heterocycles. The van der Waals surface area contributed by atoms with E-state index in [2.05, 4.69) is 10.3 Å². The molecule has 0 unspecified atom stereocenters. The van der Waals surface area contributed by atoms with E-state index in [0.717, 1.165) is 4.88 Å². The topological polar surface area (TPSA) is 115 Å². The van der Waals surface area contributed by atoms with E-state index in [9.17, 15) is 19.2 Å². The second-order valence-electron chi connectivity index (χ2n) is 6.51. The number of rotatable bonds is 7. The molecule has 2 aromatic heterocycles. The fourth-order valence-electron chi connectivity index (χ4n) is 2.98. The summed E-state index contributed by atoms with van der Waals surface area (Å²) < 4.78 is 10.2. The average molecular weight is 420 g/mol. The van der Waals surface area contributed by atoms with Crippen LogP contribution in [0.3, 0.4) is 0 Å². The van der Waals surface area contributed by atoms with E-state index in [4.69, 9.17) is 9.47 Å². The Morgan fingerprint density at radius 2 is 1.52 bits per heavy atom. The predicted octanol–water partition coefficient (Wildman–Crippen LogP) is 3.48. The smallest absolute Gasteiger partial charge is 0.341 e. The number of anilines is 1. The number of Topliss-reactive ketones (excluding diaryl/α,β-unsaturated/α-hetero) is 1. The van der Waals surface area contributed by atoms with Crippen LogP contribution < -0.4 is 5.32 Å². The summed E-state index contributed by atoms with van der Waals surface area (Å²) in [7, 11) is 0. The second kappa shape index (κ2) is 9.04. The second-order valence-corrected chi connectivity index (χ2v) is 7.74. The summed E-state index contributed by atoms with van der Waals surface area (Å²) in [6, 6.07) is 0. The first-order valence-electron chi connectivity index (χ1n) is 9.02. The van der Waals surface area contributed by atoms with Crippen molar-refractivity contribution in [1.29, 1.82) is 0 Å². The van der Waals surface area contributed by atoms with Crippen LogP contribution in [0.5, 0.6) is 0 Å². The minimum atomic E-state index is -0.716. The number of aromatic amines is 1. The van der Waals surface area contributed by atoms with Crippen molar-refractivity contribution in [3.05, 3.63) is 38.5 Å². The predicted molar refractivity (Wildman–Crippen MR) is 109 cm³/mol. The minimum absolute atomic E-state index is 0.145. The number of aryl methyl sites for hydroxylation is 3. The van der Waals surface area contributed by atoms with Crippen LogP contribution in [0.1, 0.15) is 66.7 Å². The number of carbonyl (C=O) groups excluding carboxylic acids is 4. The molecule has 9 heteroatoms.